The monoisotopic (exact) mass is 263 g/mol. The van der Waals surface area contributed by atoms with Crippen molar-refractivity contribution < 1.29 is 14.6 Å². The van der Waals surface area contributed by atoms with Gasteiger partial charge in [-0.3, -0.25) is 4.79 Å². The molecule has 0 radical (unpaired) electrons. The molecule has 2 rings (SSSR count). The molecule has 1 aliphatic carbocycles. The van der Waals surface area contributed by atoms with E-state index < -0.39 is 5.97 Å². The van der Waals surface area contributed by atoms with Crippen LogP contribution in [0.15, 0.2) is 12.1 Å². The lowest BCUT2D eigenvalue weighted by molar-refractivity contribution is -0.137. The third kappa shape index (κ3) is 3.26. The van der Waals surface area contributed by atoms with E-state index in [1.54, 1.807) is 0 Å². The smallest absolute Gasteiger partial charge is 0.303 e. The molecule has 0 bridgehead atoms. The van der Waals surface area contributed by atoms with Crippen molar-refractivity contribution in [3.63, 3.8) is 0 Å². The van der Waals surface area contributed by atoms with Crippen LogP contribution in [0.4, 0.5) is 0 Å². The minimum Gasteiger partial charge on any atom is -0.494 e. The highest BCUT2D eigenvalue weighted by Gasteiger charge is 2.19. The molecule has 1 atom stereocenters. The van der Waals surface area contributed by atoms with E-state index in [2.05, 4.69) is 12.1 Å². The van der Waals surface area contributed by atoms with Gasteiger partial charge in [0, 0.05) is 18.0 Å². The molecule has 4 heteroatoms. The first-order valence-electron chi connectivity index (χ1n) is 6.87. The summed E-state index contributed by atoms with van der Waals surface area (Å²) < 4.78 is 5.66. The van der Waals surface area contributed by atoms with Gasteiger partial charge in [0.2, 0.25) is 0 Å². The van der Waals surface area contributed by atoms with Crippen LogP contribution in [-0.2, 0) is 17.6 Å². The van der Waals surface area contributed by atoms with Gasteiger partial charge in [-0.15, -0.1) is 0 Å². The maximum Gasteiger partial charge on any atom is 0.303 e. The number of rotatable bonds is 6. The number of carbonyl (C=O) groups is 1. The van der Waals surface area contributed by atoms with E-state index in [9.17, 15) is 4.79 Å². The molecule has 4 nitrogen and oxygen atoms in total. The highest BCUT2D eigenvalue weighted by atomic mass is 16.5. The van der Waals surface area contributed by atoms with Gasteiger partial charge >= 0.3 is 5.97 Å². The van der Waals surface area contributed by atoms with E-state index in [0.717, 1.165) is 24.2 Å². The predicted molar refractivity (Wildman–Crippen MR) is 73.4 cm³/mol. The van der Waals surface area contributed by atoms with Crippen molar-refractivity contribution in [1.82, 2.24) is 0 Å². The van der Waals surface area contributed by atoms with Gasteiger partial charge in [-0.1, -0.05) is 6.07 Å². The summed E-state index contributed by atoms with van der Waals surface area (Å²) in [5.74, 6) is 0.00982. The number of carboxylic acids is 1. The van der Waals surface area contributed by atoms with Gasteiger partial charge < -0.3 is 15.6 Å². The molecule has 1 aromatic carbocycles. The number of aliphatic carboxylic acids is 1. The SMILES string of the molecule is CCOc1cc2c(cc1[C@@H](N)CCC(=O)O)CCC2. The van der Waals surface area contributed by atoms with E-state index >= 15 is 0 Å². The number of aryl methyl sites for hydroxylation is 2. The lowest BCUT2D eigenvalue weighted by Gasteiger charge is -2.18. The first-order chi connectivity index (χ1) is 9.11. The molecular formula is C15H21NO3. The molecule has 0 aliphatic heterocycles. The van der Waals surface area contributed by atoms with Crippen molar-refractivity contribution in [2.24, 2.45) is 5.73 Å². The second kappa shape index (κ2) is 6.06. The summed E-state index contributed by atoms with van der Waals surface area (Å²) in [6.07, 6.45) is 3.88. The Labute approximate surface area is 113 Å². The van der Waals surface area contributed by atoms with E-state index in [4.69, 9.17) is 15.6 Å². The lowest BCUT2D eigenvalue weighted by atomic mass is 9.97. The summed E-state index contributed by atoms with van der Waals surface area (Å²) in [6, 6.07) is 3.92. The molecule has 0 amide bonds. The highest BCUT2D eigenvalue weighted by molar-refractivity contribution is 5.66. The van der Waals surface area contributed by atoms with Crippen molar-refractivity contribution in [1.29, 1.82) is 0 Å². The maximum absolute atomic E-state index is 10.6. The van der Waals surface area contributed by atoms with E-state index in [1.807, 2.05) is 6.92 Å². The van der Waals surface area contributed by atoms with E-state index in [0.29, 0.717) is 13.0 Å². The van der Waals surface area contributed by atoms with Gasteiger partial charge in [-0.2, -0.15) is 0 Å². The normalized spacial score (nSPS) is 15.1. The van der Waals surface area contributed by atoms with E-state index in [-0.39, 0.29) is 12.5 Å². The number of fused-ring (bicyclic) bond motifs is 1. The number of hydrogen-bond acceptors (Lipinski definition) is 3. The summed E-state index contributed by atoms with van der Waals surface area (Å²) in [5.41, 5.74) is 9.76. The Kier molecular flexibility index (Phi) is 4.43. The number of nitrogens with two attached hydrogens (primary N) is 1. The van der Waals surface area contributed by atoms with Gasteiger partial charge in [0.1, 0.15) is 5.75 Å². The second-order valence-electron chi connectivity index (χ2n) is 4.98. The Morgan fingerprint density at radius 1 is 1.42 bits per heavy atom. The third-order valence-electron chi connectivity index (χ3n) is 3.59. The van der Waals surface area contributed by atoms with Crippen molar-refractivity contribution in [3.05, 3.63) is 28.8 Å². The first-order valence-corrected chi connectivity index (χ1v) is 6.87. The maximum atomic E-state index is 10.6. The van der Waals surface area contributed by atoms with Gasteiger partial charge in [-0.05, 0) is 49.8 Å². The van der Waals surface area contributed by atoms with Crippen molar-refractivity contribution in [2.75, 3.05) is 6.61 Å². The number of ether oxygens (including phenoxy) is 1. The van der Waals surface area contributed by atoms with Crippen LogP contribution in [0.25, 0.3) is 0 Å². The quantitative estimate of drug-likeness (QED) is 0.826. The van der Waals surface area contributed by atoms with E-state index in [1.165, 1.54) is 17.5 Å². The summed E-state index contributed by atoms with van der Waals surface area (Å²) in [7, 11) is 0. The largest absolute Gasteiger partial charge is 0.494 e. The van der Waals surface area contributed by atoms with Crippen LogP contribution in [0, 0.1) is 0 Å². The Morgan fingerprint density at radius 3 is 2.74 bits per heavy atom. The molecular weight excluding hydrogens is 242 g/mol. The van der Waals surface area contributed by atoms with Gasteiger partial charge in [-0.25, -0.2) is 0 Å². The fourth-order valence-corrected chi connectivity index (χ4v) is 2.63. The predicted octanol–water partition coefficient (Wildman–Crippen LogP) is 2.44. The minimum atomic E-state index is -0.811. The zero-order valence-corrected chi connectivity index (χ0v) is 11.3. The highest BCUT2D eigenvalue weighted by Crippen LogP contribution is 2.34. The van der Waals surface area contributed by atoms with Crippen molar-refractivity contribution in [3.8, 4) is 5.75 Å². The van der Waals surface area contributed by atoms with Crippen LogP contribution in [-0.4, -0.2) is 17.7 Å². The summed E-state index contributed by atoms with van der Waals surface area (Å²) in [5, 5.41) is 8.75. The molecule has 1 aromatic rings. The standard InChI is InChI=1S/C15H21NO3/c1-2-19-14-9-11-5-3-4-10(11)8-12(14)13(16)6-7-15(17)18/h8-9,13H,2-7,16H2,1H3,(H,17,18)/t13-/m0/s1. The van der Waals surface area contributed by atoms with Crippen LogP contribution < -0.4 is 10.5 Å². The van der Waals surface area contributed by atoms with Gasteiger partial charge in [0.25, 0.3) is 0 Å². The van der Waals surface area contributed by atoms with Crippen LogP contribution in [0.1, 0.15) is 48.9 Å². The van der Waals surface area contributed by atoms with Crippen LogP contribution in [0.3, 0.4) is 0 Å². The Morgan fingerprint density at radius 2 is 2.11 bits per heavy atom. The molecule has 0 unspecified atom stereocenters. The molecule has 0 heterocycles. The molecule has 19 heavy (non-hydrogen) atoms. The van der Waals surface area contributed by atoms with Crippen molar-refractivity contribution in [2.45, 2.75) is 45.1 Å². The molecule has 0 saturated heterocycles. The van der Waals surface area contributed by atoms with Gasteiger partial charge in [0.05, 0.1) is 6.61 Å². The molecule has 1 aliphatic rings. The second-order valence-corrected chi connectivity index (χ2v) is 4.98. The third-order valence-corrected chi connectivity index (χ3v) is 3.59. The Hall–Kier alpha value is -1.55. The average molecular weight is 263 g/mol. The molecule has 0 fully saturated rings. The molecule has 0 spiro atoms. The number of carboxylic acid groups (broad SMARTS) is 1. The number of hydrogen-bond donors (Lipinski definition) is 2. The van der Waals surface area contributed by atoms with Crippen LogP contribution >= 0.6 is 0 Å². The minimum absolute atomic E-state index is 0.0871. The average Bonchev–Trinajstić information content (AvgIpc) is 2.82. The van der Waals surface area contributed by atoms with Gasteiger partial charge in [0.15, 0.2) is 0 Å². The molecule has 0 saturated carbocycles. The van der Waals surface area contributed by atoms with Crippen LogP contribution in [0.5, 0.6) is 5.75 Å². The zero-order valence-electron chi connectivity index (χ0n) is 11.3. The Bertz CT molecular complexity index is 471. The topological polar surface area (TPSA) is 72.5 Å². The van der Waals surface area contributed by atoms with Crippen LogP contribution in [0.2, 0.25) is 0 Å². The summed E-state index contributed by atoms with van der Waals surface area (Å²) in [4.78, 5) is 10.6. The molecule has 3 N–H and O–H groups in total. The number of benzene rings is 1. The molecule has 0 aromatic heterocycles. The lowest BCUT2D eigenvalue weighted by Crippen LogP contribution is -2.14. The first kappa shape index (κ1) is 13.9. The summed E-state index contributed by atoms with van der Waals surface area (Å²) in [6.45, 7) is 2.54. The van der Waals surface area contributed by atoms with Crippen molar-refractivity contribution >= 4 is 5.97 Å². The Balaban J connectivity index is 2.23. The fourth-order valence-electron chi connectivity index (χ4n) is 2.63. The molecule has 104 valence electrons. The zero-order chi connectivity index (χ0) is 13.8. The fraction of sp³-hybridized carbons (Fsp3) is 0.533. The summed E-state index contributed by atoms with van der Waals surface area (Å²) >= 11 is 0.